The SMILES string of the molecule is Cc1ccc(C)c(N(CC(=O)N(Cc2ccc(Br)cc2)[C@H](Cc2ccccc2)C(=O)NC(C)(C)C)S(=O)(=O)N(C)C)c1. The molecule has 2 amide bonds. The minimum absolute atomic E-state index is 0.115. The number of carbonyl (C=O) groups excluding carboxylic acids is 2. The Bertz CT molecular complexity index is 1490. The Kier molecular flexibility index (Phi) is 11.0. The Balaban J connectivity index is 2.14. The first-order chi connectivity index (χ1) is 19.6. The number of anilines is 1. The fraction of sp³-hybridized carbons (Fsp3) is 0.375. The van der Waals surface area contributed by atoms with Gasteiger partial charge in [0.1, 0.15) is 12.6 Å². The molecule has 0 unspecified atom stereocenters. The number of halogens is 1. The van der Waals surface area contributed by atoms with Crippen LogP contribution >= 0.6 is 15.9 Å². The standard InChI is InChI=1S/C32H41BrN4O4S/c1-23-13-14-24(2)28(19-23)37(42(40,41)35(6)7)22-30(38)36(21-26-15-17-27(33)18-16-26)29(31(39)34-32(3,4)5)20-25-11-9-8-10-12-25/h8-19,29H,20-22H2,1-7H3,(H,34,39)/t29-/m1/s1. The molecule has 0 aliphatic rings. The number of rotatable bonds is 11. The Morgan fingerprint density at radius 3 is 2.10 bits per heavy atom. The number of hydrogen-bond acceptors (Lipinski definition) is 4. The van der Waals surface area contributed by atoms with E-state index in [-0.39, 0.29) is 18.9 Å². The summed E-state index contributed by atoms with van der Waals surface area (Å²) in [5.74, 6) is -0.806. The van der Waals surface area contributed by atoms with Gasteiger partial charge in [-0.25, -0.2) is 4.31 Å². The van der Waals surface area contributed by atoms with Gasteiger partial charge in [-0.3, -0.25) is 9.59 Å². The second-order valence-corrected chi connectivity index (χ2v) is 14.7. The summed E-state index contributed by atoms with van der Waals surface area (Å²) in [5.41, 5.74) is 3.13. The Hall–Kier alpha value is -3.21. The third kappa shape index (κ3) is 8.89. The summed E-state index contributed by atoms with van der Waals surface area (Å²) >= 11 is 3.45. The minimum atomic E-state index is -4.06. The molecular weight excluding hydrogens is 616 g/mol. The zero-order chi connectivity index (χ0) is 31.2. The number of amides is 2. The van der Waals surface area contributed by atoms with E-state index in [4.69, 9.17) is 0 Å². The van der Waals surface area contributed by atoms with Crippen LogP contribution in [0.4, 0.5) is 5.69 Å². The van der Waals surface area contributed by atoms with Crippen molar-refractivity contribution in [2.75, 3.05) is 24.9 Å². The number of hydrogen-bond donors (Lipinski definition) is 1. The molecule has 8 nitrogen and oxygen atoms in total. The van der Waals surface area contributed by atoms with Crippen molar-refractivity contribution in [1.82, 2.24) is 14.5 Å². The fourth-order valence-electron chi connectivity index (χ4n) is 4.48. The summed E-state index contributed by atoms with van der Waals surface area (Å²) in [5, 5.41) is 3.04. The Morgan fingerprint density at radius 1 is 0.905 bits per heavy atom. The molecule has 3 aromatic rings. The Morgan fingerprint density at radius 2 is 1.52 bits per heavy atom. The van der Waals surface area contributed by atoms with E-state index >= 15 is 0 Å². The first-order valence-corrected chi connectivity index (χ1v) is 15.9. The van der Waals surface area contributed by atoms with Gasteiger partial charge in [-0.1, -0.05) is 70.5 Å². The predicted octanol–water partition coefficient (Wildman–Crippen LogP) is 5.23. The molecule has 0 fully saturated rings. The van der Waals surface area contributed by atoms with Crippen LogP contribution in [0.1, 0.15) is 43.0 Å². The van der Waals surface area contributed by atoms with Gasteiger partial charge in [-0.2, -0.15) is 12.7 Å². The van der Waals surface area contributed by atoms with Crippen molar-refractivity contribution in [3.05, 3.63) is 99.5 Å². The predicted molar refractivity (Wildman–Crippen MR) is 172 cm³/mol. The van der Waals surface area contributed by atoms with Crippen molar-refractivity contribution in [2.45, 2.75) is 59.2 Å². The van der Waals surface area contributed by atoms with Crippen molar-refractivity contribution < 1.29 is 18.0 Å². The number of nitrogens with one attached hydrogen (secondary N) is 1. The van der Waals surface area contributed by atoms with Gasteiger partial charge < -0.3 is 10.2 Å². The maximum absolute atomic E-state index is 14.4. The lowest BCUT2D eigenvalue weighted by Gasteiger charge is -2.36. The third-order valence-corrected chi connectivity index (χ3v) is 9.02. The van der Waals surface area contributed by atoms with Gasteiger partial charge in [0, 0.05) is 37.1 Å². The summed E-state index contributed by atoms with van der Waals surface area (Å²) in [6.07, 6.45) is 0.259. The van der Waals surface area contributed by atoms with Gasteiger partial charge in [-0.15, -0.1) is 0 Å². The molecule has 0 saturated heterocycles. The van der Waals surface area contributed by atoms with E-state index in [9.17, 15) is 18.0 Å². The number of benzene rings is 3. The van der Waals surface area contributed by atoms with Crippen LogP contribution in [0.5, 0.6) is 0 Å². The van der Waals surface area contributed by atoms with Gasteiger partial charge >= 0.3 is 10.2 Å². The van der Waals surface area contributed by atoms with Crippen LogP contribution in [0.2, 0.25) is 0 Å². The number of carbonyl (C=O) groups is 2. The van der Waals surface area contributed by atoms with Crippen LogP contribution in [0.15, 0.2) is 77.3 Å². The molecule has 1 atom stereocenters. The molecule has 0 spiro atoms. The lowest BCUT2D eigenvalue weighted by atomic mass is 10.0. The molecule has 3 rings (SSSR count). The highest BCUT2D eigenvalue weighted by molar-refractivity contribution is 9.10. The molecule has 10 heteroatoms. The second kappa shape index (κ2) is 13.8. The average Bonchev–Trinajstić information content (AvgIpc) is 2.91. The van der Waals surface area contributed by atoms with Crippen molar-refractivity contribution in [3.63, 3.8) is 0 Å². The van der Waals surface area contributed by atoms with Gasteiger partial charge in [0.15, 0.2) is 0 Å². The van der Waals surface area contributed by atoms with Crippen molar-refractivity contribution in [3.8, 4) is 0 Å². The summed E-state index contributed by atoms with van der Waals surface area (Å²) in [6.45, 7) is 8.98. The zero-order valence-corrected chi connectivity index (χ0v) is 27.8. The highest BCUT2D eigenvalue weighted by Crippen LogP contribution is 2.26. The van der Waals surface area contributed by atoms with Crippen molar-refractivity contribution >= 4 is 43.6 Å². The molecule has 0 bridgehead atoms. The van der Waals surface area contributed by atoms with Crippen LogP contribution < -0.4 is 9.62 Å². The molecule has 0 heterocycles. The molecule has 0 aliphatic heterocycles. The first kappa shape index (κ1) is 33.3. The second-order valence-electron chi connectivity index (χ2n) is 11.7. The van der Waals surface area contributed by atoms with Gasteiger partial charge in [0.05, 0.1) is 5.69 Å². The normalized spacial score (nSPS) is 12.6. The molecule has 0 aliphatic carbocycles. The Labute approximate surface area is 259 Å². The molecule has 0 saturated carbocycles. The van der Waals surface area contributed by atoms with E-state index in [0.29, 0.717) is 11.3 Å². The van der Waals surface area contributed by atoms with Crippen LogP contribution in [0.25, 0.3) is 0 Å². The highest BCUT2D eigenvalue weighted by atomic mass is 79.9. The lowest BCUT2D eigenvalue weighted by Crippen LogP contribution is -2.56. The molecular formula is C32H41BrN4O4S. The summed E-state index contributed by atoms with van der Waals surface area (Å²) in [6, 6.07) is 21.6. The van der Waals surface area contributed by atoms with Crippen LogP contribution in [-0.4, -0.2) is 61.7 Å². The zero-order valence-electron chi connectivity index (χ0n) is 25.4. The molecule has 0 radical (unpaired) electrons. The van der Waals surface area contributed by atoms with E-state index in [1.165, 1.54) is 19.0 Å². The van der Waals surface area contributed by atoms with Crippen LogP contribution in [0, 0.1) is 13.8 Å². The minimum Gasteiger partial charge on any atom is -0.350 e. The van der Waals surface area contributed by atoms with E-state index in [2.05, 4.69) is 21.2 Å². The van der Waals surface area contributed by atoms with E-state index < -0.39 is 34.2 Å². The summed E-state index contributed by atoms with van der Waals surface area (Å²) in [7, 11) is -1.19. The molecule has 1 N–H and O–H groups in total. The number of aryl methyl sites for hydroxylation is 2. The van der Waals surface area contributed by atoms with Crippen LogP contribution in [0.3, 0.4) is 0 Å². The highest BCUT2D eigenvalue weighted by Gasteiger charge is 2.36. The third-order valence-electron chi connectivity index (χ3n) is 6.69. The molecule has 3 aromatic carbocycles. The monoisotopic (exact) mass is 656 g/mol. The maximum Gasteiger partial charge on any atom is 0.304 e. The van der Waals surface area contributed by atoms with Crippen molar-refractivity contribution in [2.24, 2.45) is 0 Å². The average molecular weight is 658 g/mol. The van der Waals surface area contributed by atoms with Gasteiger partial charge in [0.25, 0.3) is 0 Å². The maximum atomic E-state index is 14.4. The molecule has 42 heavy (non-hydrogen) atoms. The van der Waals surface area contributed by atoms with E-state index in [0.717, 1.165) is 29.8 Å². The van der Waals surface area contributed by atoms with E-state index in [1.807, 2.05) is 101 Å². The summed E-state index contributed by atoms with van der Waals surface area (Å²) < 4.78 is 30.4. The number of nitrogens with zero attached hydrogens (tertiary/aromatic N) is 3. The molecule has 226 valence electrons. The van der Waals surface area contributed by atoms with Crippen molar-refractivity contribution in [1.29, 1.82) is 0 Å². The van der Waals surface area contributed by atoms with Crippen LogP contribution in [-0.2, 0) is 32.8 Å². The van der Waals surface area contributed by atoms with E-state index in [1.54, 1.807) is 6.07 Å². The first-order valence-electron chi connectivity index (χ1n) is 13.8. The smallest absolute Gasteiger partial charge is 0.304 e. The largest absolute Gasteiger partial charge is 0.350 e. The molecule has 0 aromatic heterocycles. The fourth-order valence-corrected chi connectivity index (χ4v) is 5.86. The van der Waals surface area contributed by atoms with Gasteiger partial charge in [-0.05, 0) is 75.1 Å². The topological polar surface area (TPSA) is 90.0 Å². The summed E-state index contributed by atoms with van der Waals surface area (Å²) in [4.78, 5) is 29.7. The lowest BCUT2D eigenvalue weighted by molar-refractivity contribution is -0.140. The van der Waals surface area contributed by atoms with Gasteiger partial charge in [0.2, 0.25) is 11.8 Å². The quantitative estimate of drug-likeness (QED) is 0.306.